The van der Waals surface area contributed by atoms with E-state index in [0.717, 1.165) is 5.56 Å². The summed E-state index contributed by atoms with van der Waals surface area (Å²) in [5.74, 6) is 1.31. The van der Waals surface area contributed by atoms with Crippen molar-refractivity contribution in [2.24, 2.45) is 0 Å². The van der Waals surface area contributed by atoms with Crippen molar-refractivity contribution in [2.75, 3.05) is 13.7 Å². The summed E-state index contributed by atoms with van der Waals surface area (Å²) in [5.41, 5.74) is 0.588. The lowest BCUT2D eigenvalue weighted by Crippen LogP contribution is -2.43. The van der Waals surface area contributed by atoms with Crippen LogP contribution in [0, 0.1) is 0 Å². The highest BCUT2D eigenvalue weighted by molar-refractivity contribution is 6.30. The summed E-state index contributed by atoms with van der Waals surface area (Å²) < 4.78 is 5.74. The zero-order valence-corrected chi connectivity index (χ0v) is 12.7. The Morgan fingerprint density at radius 2 is 2.15 bits per heavy atom. The molecule has 0 unspecified atom stereocenters. The van der Waals surface area contributed by atoms with Gasteiger partial charge in [0.1, 0.15) is 0 Å². The van der Waals surface area contributed by atoms with Gasteiger partial charge in [-0.05, 0) is 33.0 Å². The molecule has 2 aromatic rings. The third-order valence-corrected chi connectivity index (χ3v) is 3.69. The van der Waals surface area contributed by atoms with E-state index >= 15 is 0 Å². The summed E-state index contributed by atoms with van der Waals surface area (Å²) in [4.78, 5) is 6.28. The molecule has 1 aromatic heterocycles. The van der Waals surface area contributed by atoms with Crippen LogP contribution in [0.4, 0.5) is 0 Å². The summed E-state index contributed by atoms with van der Waals surface area (Å²) in [6.07, 6.45) is 1.70. The fourth-order valence-electron chi connectivity index (χ4n) is 1.70. The Morgan fingerprint density at radius 1 is 1.40 bits per heavy atom. The van der Waals surface area contributed by atoms with E-state index in [1.54, 1.807) is 6.20 Å². The molecule has 108 valence electrons. The van der Waals surface area contributed by atoms with Gasteiger partial charge in [-0.3, -0.25) is 4.90 Å². The van der Waals surface area contributed by atoms with E-state index in [-0.39, 0.29) is 12.1 Å². The highest BCUT2D eigenvalue weighted by atomic mass is 35.5. The van der Waals surface area contributed by atoms with Crippen LogP contribution in [0.15, 0.2) is 34.9 Å². The number of hydrogen-bond donors (Lipinski definition) is 1. The lowest BCUT2D eigenvalue weighted by Gasteiger charge is -2.32. The third-order valence-electron chi connectivity index (χ3n) is 3.46. The van der Waals surface area contributed by atoms with Crippen LogP contribution in [-0.2, 0) is 6.54 Å². The molecule has 4 nitrogen and oxygen atoms in total. The number of hydrogen-bond acceptors (Lipinski definition) is 4. The topological polar surface area (TPSA) is 49.5 Å². The zero-order chi connectivity index (χ0) is 14.8. The van der Waals surface area contributed by atoms with Crippen molar-refractivity contribution in [3.63, 3.8) is 0 Å². The van der Waals surface area contributed by atoms with Gasteiger partial charge >= 0.3 is 0 Å². The van der Waals surface area contributed by atoms with Crippen LogP contribution < -0.4 is 0 Å². The van der Waals surface area contributed by atoms with Crippen molar-refractivity contribution in [1.29, 1.82) is 0 Å². The molecule has 0 spiro atoms. The number of aromatic nitrogens is 1. The van der Waals surface area contributed by atoms with Crippen molar-refractivity contribution in [3.8, 4) is 11.3 Å². The number of benzene rings is 1. The summed E-state index contributed by atoms with van der Waals surface area (Å²) in [7, 11) is 1.93. The smallest absolute Gasteiger partial charge is 0.209 e. The fourth-order valence-corrected chi connectivity index (χ4v) is 1.89. The van der Waals surface area contributed by atoms with Crippen molar-refractivity contribution in [3.05, 3.63) is 41.4 Å². The molecule has 0 aliphatic heterocycles. The first kappa shape index (κ1) is 15.0. The van der Waals surface area contributed by atoms with Crippen LogP contribution in [0.25, 0.3) is 11.3 Å². The monoisotopic (exact) mass is 294 g/mol. The van der Waals surface area contributed by atoms with Crippen LogP contribution in [0.3, 0.4) is 0 Å². The van der Waals surface area contributed by atoms with Crippen molar-refractivity contribution >= 4 is 11.6 Å². The molecule has 1 N–H and O–H groups in total. The third kappa shape index (κ3) is 3.39. The van der Waals surface area contributed by atoms with Crippen molar-refractivity contribution in [1.82, 2.24) is 9.88 Å². The van der Waals surface area contributed by atoms with E-state index in [9.17, 15) is 5.11 Å². The Hall–Kier alpha value is -1.36. The first-order valence-corrected chi connectivity index (χ1v) is 6.83. The Balaban J connectivity index is 2.14. The summed E-state index contributed by atoms with van der Waals surface area (Å²) in [6.45, 7) is 4.54. The maximum absolute atomic E-state index is 9.35. The number of aliphatic hydroxyl groups is 1. The van der Waals surface area contributed by atoms with Gasteiger partial charge in [0.2, 0.25) is 5.89 Å². The molecule has 0 aliphatic rings. The molecule has 0 aliphatic carbocycles. The Kier molecular flexibility index (Phi) is 4.48. The predicted octanol–water partition coefficient (Wildman–Crippen LogP) is 3.20. The number of rotatable bonds is 5. The molecular weight excluding hydrogens is 276 g/mol. The maximum atomic E-state index is 9.35. The predicted molar refractivity (Wildman–Crippen MR) is 79.6 cm³/mol. The number of halogens is 1. The Bertz CT molecular complexity index is 581. The molecule has 1 heterocycles. The van der Waals surface area contributed by atoms with E-state index in [1.165, 1.54) is 0 Å². The quantitative estimate of drug-likeness (QED) is 0.920. The fraction of sp³-hybridized carbons (Fsp3) is 0.400. The van der Waals surface area contributed by atoms with E-state index in [1.807, 2.05) is 50.1 Å². The van der Waals surface area contributed by atoms with Crippen LogP contribution in [0.2, 0.25) is 5.02 Å². The number of aliphatic hydroxyl groups excluding tert-OH is 1. The minimum Gasteiger partial charge on any atom is -0.439 e. The molecule has 0 saturated carbocycles. The summed E-state index contributed by atoms with van der Waals surface area (Å²) in [5, 5.41) is 10.0. The van der Waals surface area contributed by atoms with Gasteiger partial charge in [-0.2, -0.15) is 0 Å². The van der Waals surface area contributed by atoms with Crippen molar-refractivity contribution < 1.29 is 9.52 Å². The first-order valence-electron chi connectivity index (χ1n) is 6.45. The molecule has 0 bridgehead atoms. The molecule has 0 saturated heterocycles. The lowest BCUT2D eigenvalue weighted by atomic mass is 10.1. The van der Waals surface area contributed by atoms with Gasteiger partial charge in [-0.25, -0.2) is 4.98 Å². The molecule has 5 heteroatoms. The second kappa shape index (κ2) is 5.95. The highest BCUT2D eigenvalue weighted by Crippen LogP contribution is 2.24. The minimum atomic E-state index is -0.315. The first-order chi connectivity index (χ1) is 9.42. The molecule has 2 rings (SSSR count). The summed E-state index contributed by atoms with van der Waals surface area (Å²) in [6, 6.07) is 7.46. The second-order valence-corrected chi connectivity index (χ2v) is 5.89. The average molecular weight is 295 g/mol. The standard InChI is InChI=1S/C15H19ClN2O2/c1-15(2,10-19)18(3)9-14-17-8-13(20-14)11-5-4-6-12(16)7-11/h4-8,19H,9-10H2,1-3H3. The molecule has 0 amide bonds. The van der Waals surface area contributed by atoms with Crippen LogP contribution in [0.5, 0.6) is 0 Å². The summed E-state index contributed by atoms with van der Waals surface area (Å²) >= 11 is 5.97. The van der Waals surface area contributed by atoms with Gasteiger partial charge in [-0.1, -0.05) is 23.7 Å². The van der Waals surface area contributed by atoms with Crippen LogP contribution >= 0.6 is 11.6 Å². The van der Waals surface area contributed by atoms with Gasteiger partial charge in [0, 0.05) is 16.1 Å². The zero-order valence-electron chi connectivity index (χ0n) is 11.9. The Morgan fingerprint density at radius 3 is 2.80 bits per heavy atom. The van der Waals surface area contributed by atoms with Gasteiger partial charge in [-0.15, -0.1) is 0 Å². The van der Waals surface area contributed by atoms with E-state index in [0.29, 0.717) is 23.2 Å². The van der Waals surface area contributed by atoms with E-state index in [4.69, 9.17) is 16.0 Å². The average Bonchev–Trinajstić information content (AvgIpc) is 2.87. The van der Waals surface area contributed by atoms with Crippen LogP contribution in [0.1, 0.15) is 19.7 Å². The van der Waals surface area contributed by atoms with E-state index in [2.05, 4.69) is 4.98 Å². The molecule has 0 radical (unpaired) electrons. The largest absolute Gasteiger partial charge is 0.439 e. The Labute approximate surface area is 124 Å². The van der Waals surface area contributed by atoms with Gasteiger partial charge in [0.15, 0.2) is 5.76 Å². The van der Waals surface area contributed by atoms with Crippen molar-refractivity contribution in [2.45, 2.75) is 25.9 Å². The number of likely N-dealkylation sites (N-methyl/N-ethyl adjacent to an activating group) is 1. The highest BCUT2D eigenvalue weighted by Gasteiger charge is 2.23. The van der Waals surface area contributed by atoms with Gasteiger partial charge in [0.05, 0.1) is 19.3 Å². The van der Waals surface area contributed by atoms with E-state index < -0.39 is 0 Å². The molecule has 0 fully saturated rings. The lowest BCUT2D eigenvalue weighted by molar-refractivity contribution is 0.0670. The number of nitrogens with zero attached hydrogens (tertiary/aromatic N) is 2. The second-order valence-electron chi connectivity index (χ2n) is 5.46. The molecular formula is C15H19ClN2O2. The SMILES string of the molecule is CN(Cc1ncc(-c2cccc(Cl)c2)o1)C(C)(C)CO. The van der Waals surface area contributed by atoms with Gasteiger partial charge < -0.3 is 9.52 Å². The normalized spacial score (nSPS) is 12.1. The molecule has 0 atom stereocenters. The maximum Gasteiger partial charge on any atom is 0.209 e. The molecule has 1 aromatic carbocycles. The van der Waals surface area contributed by atoms with Crippen LogP contribution in [-0.4, -0.2) is 34.2 Å². The number of oxazole rings is 1. The minimum absolute atomic E-state index is 0.0748. The van der Waals surface area contributed by atoms with Gasteiger partial charge in [0.25, 0.3) is 0 Å². The molecule has 20 heavy (non-hydrogen) atoms.